The molecule has 1 aromatic rings. The van der Waals surface area contributed by atoms with Gasteiger partial charge in [0.15, 0.2) is 5.78 Å². The summed E-state index contributed by atoms with van der Waals surface area (Å²) in [6.45, 7) is 4.85. The van der Waals surface area contributed by atoms with Gasteiger partial charge in [-0.25, -0.2) is 0 Å². The molecule has 0 spiro atoms. The van der Waals surface area contributed by atoms with Gasteiger partial charge in [0.2, 0.25) is 0 Å². The van der Waals surface area contributed by atoms with Gasteiger partial charge in [-0.3, -0.25) is 4.79 Å². The van der Waals surface area contributed by atoms with E-state index in [2.05, 4.69) is 11.0 Å². The predicted molar refractivity (Wildman–Crippen MR) is 91.3 cm³/mol. The molecule has 1 aromatic carbocycles. The maximum Gasteiger partial charge on any atom is 0.159 e. The highest BCUT2D eigenvalue weighted by Gasteiger charge is 2.25. The fourth-order valence-corrected chi connectivity index (χ4v) is 3.42. The van der Waals surface area contributed by atoms with Gasteiger partial charge in [-0.2, -0.15) is 5.26 Å². The van der Waals surface area contributed by atoms with E-state index in [9.17, 15) is 10.1 Å². The number of carbonyl (C=O) groups is 1. The third kappa shape index (κ3) is 3.95. The molecule has 0 N–H and O–H groups in total. The Hall–Kier alpha value is -1.90. The van der Waals surface area contributed by atoms with Gasteiger partial charge in [-0.1, -0.05) is 0 Å². The van der Waals surface area contributed by atoms with Crippen molar-refractivity contribution in [3.05, 3.63) is 29.3 Å². The SMILES string of the molecule is CC(=O)c1ccc(C#N)c(N2CCC(OC3CCOCC3)CC2)c1. The zero-order valence-electron chi connectivity index (χ0n) is 14.2. The minimum Gasteiger partial charge on any atom is -0.381 e. The van der Waals surface area contributed by atoms with Gasteiger partial charge < -0.3 is 14.4 Å². The minimum absolute atomic E-state index is 0.0264. The van der Waals surface area contributed by atoms with Crippen LogP contribution in [0.5, 0.6) is 0 Å². The molecule has 0 saturated carbocycles. The Morgan fingerprint density at radius 1 is 1.21 bits per heavy atom. The van der Waals surface area contributed by atoms with Crippen LogP contribution in [0.2, 0.25) is 0 Å². The van der Waals surface area contributed by atoms with Crippen LogP contribution in [0, 0.1) is 11.3 Å². The number of hydrogen-bond donors (Lipinski definition) is 0. The van der Waals surface area contributed by atoms with Crippen LogP contribution in [0.1, 0.15) is 48.5 Å². The van der Waals surface area contributed by atoms with E-state index in [0.717, 1.165) is 57.7 Å². The molecule has 2 aliphatic rings. The van der Waals surface area contributed by atoms with Gasteiger partial charge in [-0.15, -0.1) is 0 Å². The summed E-state index contributed by atoms with van der Waals surface area (Å²) in [6, 6.07) is 7.56. The van der Waals surface area contributed by atoms with E-state index in [4.69, 9.17) is 9.47 Å². The quantitative estimate of drug-likeness (QED) is 0.795. The Balaban J connectivity index is 1.62. The predicted octanol–water partition coefficient (Wildman–Crippen LogP) is 2.93. The number of hydrogen-bond acceptors (Lipinski definition) is 5. The molecule has 2 aliphatic heterocycles. The molecule has 5 heteroatoms. The van der Waals surface area contributed by atoms with Crippen molar-refractivity contribution in [1.29, 1.82) is 5.26 Å². The van der Waals surface area contributed by atoms with Crippen molar-refractivity contribution in [3.8, 4) is 6.07 Å². The molecule has 2 fully saturated rings. The number of nitriles is 1. The van der Waals surface area contributed by atoms with Gasteiger partial charge in [0.05, 0.1) is 23.5 Å². The molecule has 2 saturated heterocycles. The van der Waals surface area contributed by atoms with Gasteiger partial charge in [0, 0.05) is 31.9 Å². The van der Waals surface area contributed by atoms with E-state index in [1.807, 2.05) is 6.07 Å². The fourth-order valence-electron chi connectivity index (χ4n) is 3.42. The van der Waals surface area contributed by atoms with Crippen molar-refractivity contribution in [3.63, 3.8) is 0 Å². The third-order valence-electron chi connectivity index (χ3n) is 4.86. The van der Waals surface area contributed by atoms with Gasteiger partial charge >= 0.3 is 0 Å². The summed E-state index contributed by atoms with van der Waals surface area (Å²) in [5, 5.41) is 9.35. The Morgan fingerprint density at radius 2 is 1.88 bits per heavy atom. The number of benzene rings is 1. The molecule has 0 atom stereocenters. The van der Waals surface area contributed by atoms with Crippen LogP contribution < -0.4 is 4.90 Å². The van der Waals surface area contributed by atoms with Crippen LogP contribution in [0.25, 0.3) is 0 Å². The molecule has 0 radical (unpaired) electrons. The van der Waals surface area contributed by atoms with E-state index >= 15 is 0 Å². The van der Waals surface area contributed by atoms with Crippen molar-refractivity contribution in [1.82, 2.24) is 0 Å². The Labute approximate surface area is 143 Å². The summed E-state index contributed by atoms with van der Waals surface area (Å²) < 4.78 is 11.6. The average Bonchev–Trinajstić information content (AvgIpc) is 2.62. The van der Waals surface area contributed by atoms with Gasteiger partial charge in [-0.05, 0) is 50.8 Å². The first-order valence-electron chi connectivity index (χ1n) is 8.70. The second-order valence-electron chi connectivity index (χ2n) is 6.53. The number of nitrogens with zero attached hydrogens (tertiary/aromatic N) is 2. The molecule has 0 aromatic heterocycles. The molecule has 2 heterocycles. The van der Waals surface area contributed by atoms with Crippen LogP contribution in [0.15, 0.2) is 18.2 Å². The van der Waals surface area contributed by atoms with Crippen LogP contribution in [-0.2, 0) is 9.47 Å². The lowest BCUT2D eigenvalue weighted by molar-refractivity contribution is -0.0743. The van der Waals surface area contributed by atoms with Crippen molar-refractivity contribution in [2.45, 2.75) is 44.8 Å². The molecule has 24 heavy (non-hydrogen) atoms. The highest BCUT2D eigenvalue weighted by Crippen LogP contribution is 2.27. The van der Waals surface area contributed by atoms with E-state index in [1.54, 1.807) is 19.1 Å². The fraction of sp³-hybridized carbons (Fsp3) is 0.579. The largest absolute Gasteiger partial charge is 0.381 e. The van der Waals surface area contributed by atoms with E-state index in [0.29, 0.717) is 17.2 Å². The zero-order valence-corrected chi connectivity index (χ0v) is 14.2. The molecule has 5 nitrogen and oxygen atoms in total. The normalized spacial score (nSPS) is 19.9. The van der Waals surface area contributed by atoms with E-state index in [1.165, 1.54) is 0 Å². The van der Waals surface area contributed by atoms with Crippen LogP contribution in [-0.4, -0.2) is 44.3 Å². The molecule has 3 rings (SSSR count). The first kappa shape index (κ1) is 16.9. The van der Waals surface area contributed by atoms with Crippen LogP contribution in [0.3, 0.4) is 0 Å². The number of anilines is 1. The van der Waals surface area contributed by atoms with Crippen molar-refractivity contribution >= 4 is 11.5 Å². The number of ether oxygens (including phenoxy) is 2. The number of Topliss-reactive ketones (excluding diaryl/α,β-unsaturated/α-hetero) is 1. The summed E-state index contributed by atoms with van der Waals surface area (Å²) in [4.78, 5) is 13.8. The lowest BCUT2D eigenvalue weighted by Crippen LogP contribution is -2.39. The standard InChI is InChI=1S/C19H24N2O3/c1-14(22)15-2-3-16(13-20)19(12-15)21-8-4-17(5-9-21)24-18-6-10-23-11-7-18/h2-3,12,17-18H,4-11H2,1H3. The van der Waals surface area contributed by atoms with Gasteiger partial charge in [0.1, 0.15) is 6.07 Å². The molecule has 0 unspecified atom stereocenters. The molecular weight excluding hydrogens is 304 g/mol. The lowest BCUT2D eigenvalue weighted by atomic mass is 10.0. The van der Waals surface area contributed by atoms with Crippen LogP contribution >= 0.6 is 0 Å². The summed E-state index contributed by atoms with van der Waals surface area (Å²) in [5.41, 5.74) is 2.16. The first-order valence-corrected chi connectivity index (χ1v) is 8.70. The molecular formula is C19H24N2O3. The molecule has 0 amide bonds. The van der Waals surface area contributed by atoms with E-state index in [-0.39, 0.29) is 11.9 Å². The van der Waals surface area contributed by atoms with E-state index < -0.39 is 0 Å². The summed E-state index contributed by atoms with van der Waals surface area (Å²) in [6.07, 6.45) is 4.48. The molecule has 128 valence electrons. The highest BCUT2D eigenvalue weighted by molar-refractivity contribution is 5.95. The highest BCUT2D eigenvalue weighted by atomic mass is 16.5. The van der Waals surface area contributed by atoms with Crippen LogP contribution in [0.4, 0.5) is 5.69 Å². The number of ketones is 1. The third-order valence-corrected chi connectivity index (χ3v) is 4.86. The van der Waals surface area contributed by atoms with Crippen molar-refractivity contribution < 1.29 is 14.3 Å². The van der Waals surface area contributed by atoms with Crippen molar-refractivity contribution in [2.75, 3.05) is 31.2 Å². The second-order valence-corrected chi connectivity index (χ2v) is 6.53. The molecule has 0 bridgehead atoms. The number of carbonyl (C=O) groups excluding carboxylic acids is 1. The van der Waals surface area contributed by atoms with Crippen molar-refractivity contribution in [2.24, 2.45) is 0 Å². The topological polar surface area (TPSA) is 62.6 Å². The van der Waals surface area contributed by atoms with Gasteiger partial charge in [0.25, 0.3) is 0 Å². The summed E-state index contributed by atoms with van der Waals surface area (Å²) in [5.74, 6) is 0.0264. The minimum atomic E-state index is 0.0264. The zero-order chi connectivity index (χ0) is 16.9. The monoisotopic (exact) mass is 328 g/mol. The lowest BCUT2D eigenvalue weighted by Gasteiger charge is -2.36. The molecule has 0 aliphatic carbocycles. The smallest absolute Gasteiger partial charge is 0.159 e. The number of rotatable bonds is 4. The maximum atomic E-state index is 11.6. The average molecular weight is 328 g/mol. The second kappa shape index (κ2) is 7.78. The maximum absolute atomic E-state index is 11.6. The Morgan fingerprint density at radius 3 is 2.50 bits per heavy atom. The first-order chi connectivity index (χ1) is 11.7. The Kier molecular flexibility index (Phi) is 5.49. The number of piperidine rings is 1. The summed E-state index contributed by atoms with van der Waals surface area (Å²) in [7, 11) is 0. The summed E-state index contributed by atoms with van der Waals surface area (Å²) >= 11 is 0. The Bertz CT molecular complexity index is 624.